The van der Waals surface area contributed by atoms with Crippen molar-refractivity contribution in [3.8, 4) is 11.5 Å². The molecule has 2 aromatic rings. The average Bonchev–Trinajstić information content (AvgIpc) is 2.66. The zero-order valence-electron chi connectivity index (χ0n) is 14.9. The van der Waals surface area contributed by atoms with Crippen molar-refractivity contribution < 1.29 is 14.3 Å². The summed E-state index contributed by atoms with van der Waals surface area (Å²) in [4.78, 5) is 14.1. The van der Waals surface area contributed by atoms with Gasteiger partial charge in [-0.05, 0) is 36.8 Å². The third-order valence-electron chi connectivity index (χ3n) is 4.26. The van der Waals surface area contributed by atoms with E-state index in [0.717, 1.165) is 30.9 Å². The van der Waals surface area contributed by atoms with Gasteiger partial charge in [0.1, 0.15) is 18.1 Å². The molecule has 3 rings (SSSR count). The second-order valence-corrected chi connectivity index (χ2v) is 6.17. The largest absolute Gasteiger partial charge is 0.489 e. The van der Waals surface area contributed by atoms with Gasteiger partial charge < -0.3 is 19.7 Å². The SMILES string of the molecule is CC1CNCCN1C(=O)COc1ccc(OCc2ccccc2)cc1.Cl. The number of hydrogen-bond acceptors (Lipinski definition) is 4. The van der Waals surface area contributed by atoms with E-state index in [9.17, 15) is 4.79 Å². The van der Waals surface area contributed by atoms with Crippen LogP contribution in [0.1, 0.15) is 12.5 Å². The Labute approximate surface area is 160 Å². The van der Waals surface area contributed by atoms with Gasteiger partial charge in [0.2, 0.25) is 0 Å². The molecule has 0 aromatic heterocycles. The Morgan fingerprint density at radius 3 is 2.38 bits per heavy atom. The summed E-state index contributed by atoms with van der Waals surface area (Å²) in [5.74, 6) is 1.47. The maximum absolute atomic E-state index is 12.3. The van der Waals surface area contributed by atoms with Gasteiger partial charge in [0.15, 0.2) is 6.61 Å². The van der Waals surface area contributed by atoms with Crippen molar-refractivity contribution in [1.82, 2.24) is 10.2 Å². The first-order valence-electron chi connectivity index (χ1n) is 8.62. The number of carbonyl (C=O) groups is 1. The molecule has 1 amide bonds. The molecule has 1 N–H and O–H groups in total. The van der Waals surface area contributed by atoms with Crippen molar-refractivity contribution in [3.63, 3.8) is 0 Å². The molecule has 1 heterocycles. The van der Waals surface area contributed by atoms with E-state index < -0.39 is 0 Å². The maximum atomic E-state index is 12.3. The summed E-state index contributed by atoms with van der Waals surface area (Å²) in [6, 6.07) is 17.6. The molecule has 1 saturated heterocycles. The number of nitrogens with one attached hydrogen (secondary N) is 1. The van der Waals surface area contributed by atoms with E-state index in [1.807, 2.05) is 66.4 Å². The van der Waals surface area contributed by atoms with Crippen LogP contribution in [0.25, 0.3) is 0 Å². The molecule has 6 heteroatoms. The number of ether oxygens (including phenoxy) is 2. The van der Waals surface area contributed by atoms with Crippen molar-refractivity contribution in [3.05, 3.63) is 60.2 Å². The molecule has 140 valence electrons. The zero-order valence-corrected chi connectivity index (χ0v) is 15.7. The zero-order chi connectivity index (χ0) is 17.5. The summed E-state index contributed by atoms with van der Waals surface area (Å²) in [5, 5.41) is 3.27. The first-order valence-corrected chi connectivity index (χ1v) is 8.62. The minimum absolute atomic E-state index is 0. The van der Waals surface area contributed by atoms with Gasteiger partial charge in [-0.25, -0.2) is 0 Å². The minimum Gasteiger partial charge on any atom is -0.489 e. The van der Waals surface area contributed by atoms with E-state index in [1.165, 1.54) is 0 Å². The molecule has 1 unspecified atom stereocenters. The van der Waals surface area contributed by atoms with Gasteiger partial charge in [-0.3, -0.25) is 4.79 Å². The molecule has 2 aromatic carbocycles. The van der Waals surface area contributed by atoms with Crippen molar-refractivity contribution in [1.29, 1.82) is 0 Å². The fraction of sp³-hybridized carbons (Fsp3) is 0.350. The molecule has 5 nitrogen and oxygen atoms in total. The predicted molar refractivity (Wildman–Crippen MR) is 104 cm³/mol. The van der Waals surface area contributed by atoms with Crippen molar-refractivity contribution in [2.75, 3.05) is 26.2 Å². The van der Waals surface area contributed by atoms with Crippen molar-refractivity contribution in [2.24, 2.45) is 0 Å². The summed E-state index contributed by atoms with van der Waals surface area (Å²) in [7, 11) is 0. The first kappa shape index (κ1) is 20.1. The molecule has 26 heavy (non-hydrogen) atoms. The van der Waals surface area contributed by atoms with E-state index in [2.05, 4.69) is 5.32 Å². The Kier molecular flexibility index (Phi) is 7.75. The third kappa shape index (κ3) is 5.64. The second kappa shape index (κ2) is 10.0. The van der Waals surface area contributed by atoms with Crippen LogP contribution in [0.15, 0.2) is 54.6 Å². The summed E-state index contributed by atoms with van der Waals surface area (Å²) >= 11 is 0. The number of halogens is 1. The van der Waals surface area contributed by atoms with E-state index in [0.29, 0.717) is 12.4 Å². The van der Waals surface area contributed by atoms with Crippen LogP contribution in [0.3, 0.4) is 0 Å². The van der Waals surface area contributed by atoms with Gasteiger partial charge in [0, 0.05) is 25.7 Å². The van der Waals surface area contributed by atoms with Gasteiger partial charge in [0.25, 0.3) is 5.91 Å². The number of nitrogens with zero attached hydrogens (tertiary/aromatic N) is 1. The topological polar surface area (TPSA) is 50.8 Å². The number of rotatable bonds is 6. The highest BCUT2D eigenvalue weighted by molar-refractivity contribution is 5.85. The van der Waals surface area contributed by atoms with Crippen LogP contribution in [-0.4, -0.2) is 43.1 Å². The molecule has 1 aliphatic rings. The van der Waals surface area contributed by atoms with Crippen molar-refractivity contribution >= 4 is 18.3 Å². The highest BCUT2D eigenvalue weighted by atomic mass is 35.5. The molecule has 0 spiro atoms. The fourth-order valence-corrected chi connectivity index (χ4v) is 2.81. The summed E-state index contributed by atoms with van der Waals surface area (Å²) in [5.41, 5.74) is 1.12. The smallest absolute Gasteiger partial charge is 0.260 e. The fourth-order valence-electron chi connectivity index (χ4n) is 2.81. The minimum atomic E-state index is 0. The summed E-state index contributed by atoms with van der Waals surface area (Å²) < 4.78 is 11.4. The number of benzene rings is 2. The monoisotopic (exact) mass is 376 g/mol. The van der Waals surface area contributed by atoms with E-state index >= 15 is 0 Å². The van der Waals surface area contributed by atoms with E-state index in [4.69, 9.17) is 9.47 Å². The van der Waals surface area contributed by atoms with Gasteiger partial charge in [0.05, 0.1) is 0 Å². The molecule has 0 radical (unpaired) electrons. The Bertz CT molecular complexity index is 679. The van der Waals surface area contributed by atoms with E-state index in [1.54, 1.807) is 0 Å². The van der Waals surface area contributed by atoms with Crippen LogP contribution in [-0.2, 0) is 11.4 Å². The number of amides is 1. The van der Waals surface area contributed by atoms with Gasteiger partial charge >= 0.3 is 0 Å². The lowest BCUT2D eigenvalue weighted by Crippen LogP contribution is -2.53. The molecule has 0 bridgehead atoms. The molecule has 0 aliphatic carbocycles. The lowest BCUT2D eigenvalue weighted by molar-refractivity contribution is -0.136. The second-order valence-electron chi connectivity index (χ2n) is 6.17. The van der Waals surface area contributed by atoms with E-state index in [-0.39, 0.29) is 31.0 Å². The summed E-state index contributed by atoms with van der Waals surface area (Å²) in [6.07, 6.45) is 0. The van der Waals surface area contributed by atoms with Crippen molar-refractivity contribution in [2.45, 2.75) is 19.6 Å². The number of piperazine rings is 1. The Morgan fingerprint density at radius 2 is 1.73 bits per heavy atom. The highest BCUT2D eigenvalue weighted by Gasteiger charge is 2.23. The van der Waals surface area contributed by atoms with Gasteiger partial charge in [-0.15, -0.1) is 12.4 Å². The average molecular weight is 377 g/mol. The lowest BCUT2D eigenvalue weighted by Gasteiger charge is -2.33. The number of carbonyl (C=O) groups excluding carboxylic acids is 1. The number of hydrogen-bond donors (Lipinski definition) is 1. The molecule has 1 aliphatic heterocycles. The van der Waals surface area contributed by atoms with Crippen LogP contribution in [0, 0.1) is 0 Å². The third-order valence-corrected chi connectivity index (χ3v) is 4.26. The molecule has 1 atom stereocenters. The normalized spacial score (nSPS) is 16.5. The quantitative estimate of drug-likeness (QED) is 0.842. The van der Waals surface area contributed by atoms with Crippen LogP contribution in [0.5, 0.6) is 11.5 Å². The molecular formula is C20H25ClN2O3. The molecule has 0 saturated carbocycles. The highest BCUT2D eigenvalue weighted by Crippen LogP contribution is 2.19. The maximum Gasteiger partial charge on any atom is 0.260 e. The van der Waals surface area contributed by atoms with Crippen LogP contribution >= 0.6 is 12.4 Å². The molecular weight excluding hydrogens is 352 g/mol. The standard InChI is InChI=1S/C20H24N2O3.ClH/c1-16-13-21-11-12-22(16)20(23)15-25-19-9-7-18(8-10-19)24-14-17-5-3-2-4-6-17;/h2-10,16,21H,11-15H2,1H3;1H. The summed E-state index contributed by atoms with van der Waals surface area (Å²) in [6.45, 7) is 5.04. The predicted octanol–water partition coefficient (Wildman–Crippen LogP) is 2.89. The molecule has 1 fully saturated rings. The Morgan fingerprint density at radius 1 is 1.08 bits per heavy atom. The van der Waals surface area contributed by atoms with Crippen LogP contribution in [0.2, 0.25) is 0 Å². The first-order chi connectivity index (χ1) is 12.2. The Balaban J connectivity index is 0.00000243. The van der Waals surface area contributed by atoms with Gasteiger partial charge in [-0.1, -0.05) is 30.3 Å². The van der Waals surface area contributed by atoms with Crippen LogP contribution < -0.4 is 14.8 Å². The van der Waals surface area contributed by atoms with Gasteiger partial charge in [-0.2, -0.15) is 0 Å². The lowest BCUT2D eigenvalue weighted by atomic mass is 10.2. The van der Waals surface area contributed by atoms with Crippen LogP contribution in [0.4, 0.5) is 0 Å². The Hall–Kier alpha value is -2.24.